The summed E-state index contributed by atoms with van der Waals surface area (Å²) < 4.78 is 0. The standard InChI is InChI=1S/C20H25N5O6/c21-14(8-12-4-2-1-3-5-12)18(28)25-16(9-13-10-22-11-23-13)19(29)24-15(20(30)31)6-7-17(26)27/h1-5,10-11,14-16H,6-9,21H2,(H,22,23)(H,24,29)(H,25,28)(H,26,27)(H,30,31). The Morgan fingerprint density at radius 3 is 2.26 bits per heavy atom. The summed E-state index contributed by atoms with van der Waals surface area (Å²) in [6.45, 7) is 0. The summed E-state index contributed by atoms with van der Waals surface area (Å²) in [6, 6.07) is 5.63. The normalized spacial score (nSPS) is 13.6. The van der Waals surface area contributed by atoms with Crippen LogP contribution in [-0.4, -0.2) is 62.1 Å². The first kappa shape index (κ1) is 23.5. The highest BCUT2D eigenvalue weighted by atomic mass is 16.4. The van der Waals surface area contributed by atoms with Gasteiger partial charge in [0.1, 0.15) is 12.1 Å². The Morgan fingerprint density at radius 1 is 1.00 bits per heavy atom. The van der Waals surface area contributed by atoms with Crippen LogP contribution in [0.4, 0.5) is 0 Å². The number of nitrogens with zero attached hydrogens (tertiary/aromatic N) is 1. The second-order valence-electron chi connectivity index (χ2n) is 6.97. The molecule has 0 saturated carbocycles. The minimum absolute atomic E-state index is 0.0148. The van der Waals surface area contributed by atoms with Crippen LogP contribution in [0.15, 0.2) is 42.9 Å². The van der Waals surface area contributed by atoms with E-state index in [1.165, 1.54) is 12.5 Å². The largest absolute Gasteiger partial charge is 0.481 e. The Labute approximate surface area is 178 Å². The molecular weight excluding hydrogens is 406 g/mol. The molecule has 3 atom stereocenters. The van der Waals surface area contributed by atoms with Gasteiger partial charge in [-0.05, 0) is 18.4 Å². The fourth-order valence-corrected chi connectivity index (χ4v) is 2.86. The Kier molecular flexibility index (Phi) is 8.70. The molecule has 1 heterocycles. The lowest BCUT2D eigenvalue weighted by Gasteiger charge is -2.22. The van der Waals surface area contributed by atoms with E-state index >= 15 is 0 Å². The molecule has 2 amide bonds. The average molecular weight is 431 g/mol. The van der Waals surface area contributed by atoms with Gasteiger partial charge in [0.25, 0.3) is 0 Å². The molecule has 0 fully saturated rings. The zero-order chi connectivity index (χ0) is 22.8. The molecule has 31 heavy (non-hydrogen) atoms. The van der Waals surface area contributed by atoms with Crippen molar-refractivity contribution in [3.63, 3.8) is 0 Å². The van der Waals surface area contributed by atoms with Gasteiger partial charge in [-0.15, -0.1) is 0 Å². The molecule has 166 valence electrons. The molecule has 0 radical (unpaired) electrons. The molecule has 0 bridgehead atoms. The van der Waals surface area contributed by atoms with Crippen LogP contribution in [0.2, 0.25) is 0 Å². The molecule has 1 aromatic carbocycles. The number of aliphatic carboxylic acids is 2. The minimum atomic E-state index is -1.41. The van der Waals surface area contributed by atoms with Crippen molar-refractivity contribution in [2.75, 3.05) is 0 Å². The SMILES string of the molecule is NC(Cc1ccccc1)C(=O)NC(Cc1cnc[nH]1)C(=O)NC(CCC(=O)O)C(=O)O. The van der Waals surface area contributed by atoms with Gasteiger partial charge in [-0.2, -0.15) is 0 Å². The Bertz CT molecular complexity index is 887. The predicted octanol–water partition coefficient (Wildman–Crippen LogP) is -0.559. The number of imidazole rings is 1. The number of rotatable bonds is 12. The van der Waals surface area contributed by atoms with Crippen molar-refractivity contribution in [3.8, 4) is 0 Å². The third-order valence-corrected chi connectivity index (χ3v) is 4.51. The molecular formula is C20H25N5O6. The van der Waals surface area contributed by atoms with Crippen LogP contribution < -0.4 is 16.4 Å². The smallest absolute Gasteiger partial charge is 0.326 e. The van der Waals surface area contributed by atoms with Gasteiger partial charge in [-0.3, -0.25) is 14.4 Å². The quantitative estimate of drug-likeness (QED) is 0.258. The van der Waals surface area contributed by atoms with E-state index in [4.69, 9.17) is 10.8 Å². The van der Waals surface area contributed by atoms with E-state index in [9.17, 15) is 24.3 Å². The number of carboxylic acids is 2. The number of amides is 2. The first-order valence-electron chi connectivity index (χ1n) is 9.58. The summed E-state index contributed by atoms with van der Waals surface area (Å²) in [5.74, 6) is -3.91. The fraction of sp³-hybridized carbons (Fsp3) is 0.350. The Balaban J connectivity index is 2.08. The first-order valence-corrected chi connectivity index (χ1v) is 9.58. The van der Waals surface area contributed by atoms with Gasteiger partial charge in [0.05, 0.1) is 12.4 Å². The number of nitrogens with two attached hydrogens (primary N) is 1. The second kappa shape index (κ2) is 11.5. The maximum Gasteiger partial charge on any atom is 0.326 e. The van der Waals surface area contributed by atoms with Crippen molar-refractivity contribution < 1.29 is 29.4 Å². The molecule has 0 aliphatic heterocycles. The van der Waals surface area contributed by atoms with Gasteiger partial charge >= 0.3 is 11.9 Å². The van der Waals surface area contributed by atoms with Crippen molar-refractivity contribution in [3.05, 3.63) is 54.1 Å². The van der Waals surface area contributed by atoms with Crippen molar-refractivity contribution >= 4 is 23.8 Å². The van der Waals surface area contributed by atoms with Gasteiger partial charge in [0.2, 0.25) is 11.8 Å². The summed E-state index contributed by atoms with van der Waals surface area (Å²) in [5.41, 5.74) is 7.36. The number of H-pyrrole nitrogens is 1. The third-order valence-electron chi connectivity index (χ3n) is 4.51. The van der Waals surface area contributed by atoms with E-state index in [2.05, 4.69) is 20.6 Å². The number of hydrogen-bond donors (Lipinski definition) is 6. The predicted molar refractivity (Wildman–Crippen MR) is 109 cm³/mol. The van der Waals surface area contributed by atoms with Crippen LogP contribution in [0.5, 0.6) is 0 Å². The summed E-state index contributed by atoms with van der Waals surface area (Å²) in [5, 5.41) is 22.9. The highest BCUT2D eigenvalue weighted by Crippen LogP contribution is 2.05. The van der Waals surface area contributed by atoms with Gasteiger partial charge in [-0.1, -0.05) is 30.3 Å². The lowest BCUT2D eigenvalue weighted by molar-refractivity contribution is -0.143. The number of carbonyl (C=O) groups is 4. The molecule has 2 rings (SSSR count). The maximum absolute atomic E-state index is 12.7. The highest BCUT2D eigenvalue weighted by molar-refractivity contribution is 5.92. The van der Waals surface area contributed by atoms with E-state index < -0.39 is 48.3 Å². The number of benzene rings is 1. The maximum atomic E-state index is 12.7. The molecule has 7 N–H and O–H groups in total. The molecule has 11 nitrogen and oxygen atoms in total. The molecule has 11 heteroatoms. The average Bonchev–Trinajstić information content (AvgIpc) is 3.23. The topological polar surface area (TPSA) is 187 Å². The molecule has 2 aromatic rings. The van der Waals surface area contributed by atoms with E-state index in [-0.39, 0.29) is 19.3 Å². The van der Waals surface area contributed by atoms with Gasteiger partial charge in [-0.25, -0.2) is 9.78 Å². The van der Waals surface area contributed by atoms with E-state index in [0.29, 0.717) is 5.69 Å². The van der Waals surface area contributed by atoms with E-state index in [1.54, 1.807) is 0 Å². The highest BCUT2D eigenvalue weighted by Gasteiger charge is 2.29. The van der Waals surface area contributed by atoms with E-state index in [0.717, 1.165) is 5.56 Å². The number of aromatic nitrogens is 2. The molecule has 0 spiro atoms. The molecule has 0 saturated heterocycles. The van der Waals surface area contributed by atoms with Crippen molar-refractivity contribution in [2.45, 2.75) is 43.8 Å². The fourth-order valence-electron chi connectivity index (χ4n) is 2.86. The van der Waals surface area contributed by atoms with Crippen LogP contribution >= 0.6 is 0 Å². The first-order chi connectivity index (χ1) is 14.8. The third kappa shape index (κ3) is 7.90. The summed E-state index contributed by atoms with van der Waals surface area (Å²) >= 11 is 0. The van der Waals surface area contributed by atoms with Crippen LogP contribution in [-0.2, 0) is 32.0 Å². The van der Waals surface area contributed by atoms with Gasteiger partial charge < -0.3 is 31.6 Å². The molecule has 0 aliphatic carbocycles. The monoisotopic (exact) mass is 431 g/mol. The zero-order valence-electron chi connectivity index (χ0n) is 16.7. The number of carboxylic acid groups (broad SMARTS) is 2. The van der Waals surface area contributed by atoms with Crippen LogP contribution in [0, 0.1) is 0 Å². The van der Waals surface area contributed by atoms with Crippen molar-refractivity contribution in [1.82, 2.24) is 20.6 Å². The van der Waals surface area contributed by atoms with Gasteiger partial charge in [0, 0.05) is 24.7 Å². The Morgan fingerprint density at radius 2 is 1.68 bits per heavy atom. The number of nitrogens with one attached hydrogen (secondary N) is 3. The van der Waals surface area contributed by atoms with Crippen molar-refractivity contribution in [1.29, 1.82) is 0 Å². The van der Waals surface area contributed by atoms with Crippen LogP contribution in [0.1, 0.15) is 24.1 Å². The second-order valence-corrected chi connectivity index (χ2v) is 6.97. The lowest BCUT2D eigenvalue weighted by Crippen LogP contribution is -2.55. The molecule has 3 unspecified atom stereocenters. The number of carbonyl (C=O) groups excluding carboxylic acids is 2. The number of aromatic amines is 1. The molecule has 0 aliphatic rings. The van der Waals surface area contributed by atoms with Crippen molar-refractivity contribution in [2.24, 2.45) is 5.73 Å². The van der Waals surface area contributed by atoms with Crippen LogP contribution in [0.25, 0.3) is 0 Å². The zero-order valence-corrected chi connectivity index (χ0v) is 16.7. The summed E-state index contributed by atoms with van der Waals surface area (Å²) in [4.78, 5) is 54.1. The van der Waals surface area contributed by atoms with Gasteiger partial charge in [0.15, 0.2) is 0 Å². The Hall–Kier alpha value is -3.73. The number of hydrogen-bond acceptors (Lipinski definition) is 6. The molecule has 1 aromatic heterocycles. The summed E-state index contributed by atoms with van der Waals surface area (Å²) in [6.07, 6.45) is 2.41. The summed E-state index contributed by atoms with van der Waals surface area (Å²) in [7, 11) is 0. The minimum Gasteiger partial charge on any atom is -0.481 e. The van der Waals surface area contributed by atoms with Crippen LogP contribution in [0.3, 0.4) is 0 Å². The lowest BCUT2D eigenvalue weighted by atomic mass is 10.0. The van der Waals surface area contributed by atoms with E-state index in [1.807, 2.05) is 30.3 Å².